The Morgan fingerprint density at radius 3 is 1.52 bits per heavy atom. The SMILES string of the molecule is O=C1/C(=C/c2ccc(Br)cc2)COC/C1=C\c1ccc(Br)cc1. The molecular weight excluding hydrogens is 420 g/mol. The molecule has 3 rings (SSSR count). The Balaban J connectivity index is 1.86. The second-order valence-corrected chi connectivity index (χ2v) is 7.10. The van der Waals surface area contributed by atoms with Gasteiger partial charge in [0.05, 0.1) is 13.2 Å². The summed E-state index contributed by atoms with van der Waals surface area (Å²) >= 11 is 6.82. The van der Waals surface area contributed by atoms with Gasteiger partial charge in [-0.15, -0.1) is 0 Å². The highest BCUT2D eigenvalue weighted by atomic mass is 79.9. The predicted molar refractivity (Wildman–Crippen MR) is 100 cm³/mol. The van der Waals surface area contributed by atoms with Crippen LogP contribution in [0.3, 0.4) is 0 Å². The van der Waals surface area contributed by atoms with Crippen LogP contribution in [-0.4, -0.2) is 19.0 Å². The van der Waals surface area contributed by atoms with E-state index in [4.69, 9.17) is 4.74 Å². The third kappa shape index (κ3) is 4.28. The minimum Gasteiger partial charge on any atom is -0.372 e. The van der Waals surface area contributed by atoms with Crippen molar-refractivity contribution in [3.8, 4) is 0 Å². The number of rotatable bonds is 2. The molecular formula is C19H14Br2O2. The van der Waals surface area contributed by atoms with Crippen molar-refractivity contribution >= 4 is 49.8 Å². The lowest BCUT2D eigenvalue weighted by Gasteiger charge is -2.17. The number of Topliss-reactive ketones (excluding diaryl/α,β-unsaturated/α-hetero) is 1. The summed E-state index contributed by atoms with van der Waals surface area (Å²) in [5.74, 6) is 0.0575. The molecule has 1 fully saturated rings. The van der Waals surface area contributed by atoms with Gasteiger partial charge in [-0.1, -0.05) is 56.1 Å². The van der Waals surface area contributed by atoms with E-state index in [-0.39, 0.29) is 5.78 Å². The normalized spacial score (nSPS) is 18.6. The smallest absolute Gasteiger partial charge is 0.189 e. The summed E-state index contributed by atoms with van der Waals surface area (Å²) in [7, 11) is 0. The number of hydrogen-bond acceptors (Lipinski definition) is 2. The highest BCUT2D eigenvalue weighted by Gasteiger charge is 2.21. The van der Waals surface area contributed by atoms with Crippen molar-refractivity contribution in [1.82, 2.24) is 0 Å². The summed E-state index contributed by atoms with van der Waals surface area (Å²) in [6, 6.07) is 15.7. The molecule has 0 N–H and O–H groups in total. The van der Waals surface area contributed by atoms with E-state index in [0.717, 1.165) is 20.1 Å². The van der Waals surface area contributed by atoms with Gasteiger partial charge in [0.1, 0.15) is 0 Å². The van der Waals surface area contributed by atoms with Crippen molar-refractivity contribution in [2.75, 3.05) is 13.2 Å². The fraction of sp³-hybridized carbons (Fsp3) is 0.105. The number of carbonyl (C=O) groups is 1. The van der Waals surface area contributed by atoms with Gasteiger partial charge >= 0.3 is 0 Å². The number of benzene rings is 2. The third-order valence-electron chi connectivity index (χ3n) is 3.52. The zero-order chi connectivity index (χ0) is 16.2. The number of ketones is 1. The summed E-state index contributed by atoms with van der Waals surface area (Å²) in [5.41, 5.74) is 3.35. The van der Waals surface area contributed by atoms with Gasteiger partial charge < -0.3 is 4.74 Å². The fourth-order valence-electron chi connectivity index (χ4n) is 2.34. The first-order chi connectivity index (χ1) is 11.1. The molecule has 23 heavy (non-hydrogen) atoms. The van der Waals surface area contributed by atoms with Crippen LogP contribution in [0, 0.1) is 0 Å². The zero-order valence-corrected chi connectivity index (χ0v) is 15.4. The van der Waals surface area contributed by atoms with E-state index in [1.54, 1.807) is 0 Å². The van der Waals surface area contributed by atoms with Crippen LogP contribution >= 0.6 is 31.9 Å². The largest absolute Gasteiger partial charge is 0.372 e. The van der Waals surface area contributed by atoms with Crippen molar-refractivity contribution in [2.24, 2.45) is 0 Å². The van der Waals surface area contributed by atoms with Gasteiger partial charge in [0.25, 0.3) is 0 Å². The molecule has 1 saturated heterocycles. The lowest BCUT2D eigenvalue weighted by molar-refractivity contribution is -0.114. The highest BCUT2D eigenvalue weighted by molar-refractivity contribution is 9.10. The maximum atomic E-state index is 12.6. The quantitative estimate of drug-likeness (QED) is 0.602. The van der Waals surface area contributed by atoms with E-state index in [9.17, 15) is 4.79 Å². The van der Waals surface area contributed by atoms with E-state index < -0.39 is 0 Å². The summed E-state index contributed by atoms with van der Waals surface area (Å²) in [5, 5.41) is 0. The number of hydrogen-bond donors (Lipinski definition) is 0. The molecule has 0 saturated carbocycles. The van der Waals surface area contributed by atoms with Crippen LogP contribution in [-0.2, 0) is 9.53 Å². The van der Waals surface area contributed by atoms with E-state index in [0.29, 0.717) is 24.4 Å². The minimum atomic E-state index is 0.0575. The van der Waals surface area contributed by atoms with Crippen LogP contribution in [0.1, 0.15) is 11.1 Å². The first-order valence-corrected chi connectivity index (χ1v) is 8.75. The van der Waals surface area contributed by atoms with Gasteiger partial charge in [-0.2, -0.15) is 0 Å². The van der Waals surface area contributed by atoms with Gasteiger partial charge in [0.15, 0.2) is 5.78 Å². The Morgan fingerprint density at radius 1 is 0.739 bits per heavy atom. The Bertz CT molecular complexity index is 707. The molecule has 4 heteroatoms. The Morgan fingerprint density at radius 2 is 1.13 bits per heavy atom. The van der Waals surface area contributed by atoms with Crippen molar-refractivity contribution < 1.29 is 9.53 Å². The molecule has 1 aliphatic rings. The van der Waals surface area contributed by atoms with Gasteiger partial charge in [-0.05, 0) is 47.5 Å². The summed E-state index contributed by atoms with van der Waals surface area (Å²) in [4.78, 5) is 12.6. The molecule has 0 amide bonds. The molecule has 116 valence electrons. The number of halogens is 2. The zero-order valence-electron chi connectivity index (χ0n) is 12.3. The van der Waals surface area contributed by atoms with Crippen LogP contribution in [0.5, 0.6) is 0 Å². The summed E-state index contributed by atoms with van der Waals surface area (Å²) < 4.78 is 7.61. The topological polar surface area (TPSA) is 26.3 Å². The molecule has 2 aromatic rings. The van der Waals surface area contributed by atoms with Crippen LogP contribution in [0.4, 0.5) is 0 Å². The summed E-state index contributed by atoms with van der Waals surface area (Å²) in [6.45, 7) is 0.707. The maximum absolute atomic E-state index is 12.6. The van der Waals surface area contributed by atoms with Crippen molar-refractivity contribution in [1.29, 1.82) is 0 Å². The molecule has 2 nitrogen and oxygen atoms in total. The standard InChI is InChI=1S/C19H14Br2O2/c20-17-5-1-13(2-6-17)9-15-11-23-12-16(19(15)22)10-14-3-7-18(21)8-4-14/h1-10H,11-12H2/b15-9+,16-10+. The van der Waals surface area contributed by atoms with Gasteiger partial charge in [-0.25, -0.2) is 0 Å². The average Bonchev–Trinajstić information content (AvgIpc) is 2.55. The second kappa shape index (κ2) is 7.39. The van der Waals surface area contributed by atoms with Gasteiger partial charge in [0.2, 0.25) is 0 Å². The van der Waals surface area contributed by atoms with Crippen molar-refractivity contribution in [3.05, 3.63) is 79.7 Å². The van der Waals surface area contributed by atoms with Crippen molar-refractivity contribution in [2.45, 2.75) is 0 Å². The lowest BCUT2D eigenvalue weighted by atomic mass is 9.98. The third-order valence-corrected chi connectivity index (χ3v) is 4.58. The first kappa shape index (κ1) is 16.4. The van der Waals surface area contributed by atoms with Crippen LogP contribution in [0.2, 0.25) is 0 Å². The van der Waals surface area contributed by atoms with E-state index in [1.807, 2.05) is 60.7 Å². The average molecular weight is 434 g/mol. The predicted octanol–water partition coefficient (Wildman–Crippen LogP) is 5.28. The molecule has 1 heterocycles. The molecule has 0 aliphatic carbocycles. The molecule has 0 aromatic heterocycles. The highest BCUT2D eigenvalue weighted by Crippen LogP contribution is 2.21. The van der Waals surface area contributed by atoms with Gasteiger partial charge in [0, 0.05) is 20.1 Å². The number of carbonyl (C=O) groups excluding carboxylic acids is 1. The monoisotopic (exact) mass is 432 g/mol. The lowest BCUT2D eigenvalue weighted by Crippen LogP contribution is -2.21. The molecule has 0 radical (unpaired) electrons. The molecule has 1 aliphatic heterocycles. The summed E-state index contributed by atoms with van der Waals surface area (Å²) in [6.07, 6.45) is 3.78. The Labute approximate surface area is 152 Å². The molecule has 0 spiro atoms. The second-order valence-electron chi connectivity index (χ2n) is 5.26. The molecule has 0 unspecified atom stereocenters. The number of ether oxygens (including phenoxy) is 1. The maximum Gasteiger partial charge on any atom is 0.189 e. The molecule has 0 bridgehead atoms. The Hall–Kier alpha value is -1.49. The molecule has 2 aromatic carbocycles. The first-order valence-electron chi connectivity index (χ1n) is 7.16. The van der Waals surface area contributed by atoms with Crippen LogP contribution < -0.4 is 0 Å². The van der Waals surface area contributed by atoms with Gasteiger partial charge in [-0.3, -0.25) is 4.79 Å². The van der Waals surface area contributed by atoms with Crippen molar-refractivity contribution in [3.63, 3.8) is 0 Å². The van der Waals surface area contributed by atoms with E-state index in [2.05, 4.69) is 31.9 Å². The minimum absolute atomic E-state index is 0.0575. The Kier molecular flexibility index (Phi) is 5.26. The van der Waals surface area contributed by atoms with Crippen LogP contribution in [0.15, 0.2) is 68.6 Å². The van der Waals surface area contributed by atoms with E-state index >= 15 is 0 Å². The van der Waals surface area contributed by atoms with E-state index in [1.165, 1.54) is 0 Å². The van der Waals surface area contributed by atoms with Crippen LogP contribution in [0.25, 0.3) is 12.2 Å². The molecule has 0 atom stereocenters. The fourth-order valence-corrected chi connectivity index (χ4v) is 2.87.